The molecule has 1 heterocycles. The Labute approximate surface area is 114 Å². The summed E-state index contributed by atoms with van der Waals surface area (Å²) in [6.07, 6.45) is 0. The van der Waals surface area contributed by atoms with Gasteiger partial charge in [-0.15, -0.1) is 0 Å². The van der Waals surface area contributed by atoms with Crippen LogP contribution in [0.3, 0.4) is 0 Å². The zero-order valence-electron chi connectivity index (χ0n) is 10.7. The molecule has 1 aromatic carbocycles. The summed E-state index contributed by atoms with van der Waals surface area (Å²) in [5.74, 6) is -2.36. The number of carbonyl (C=O) groups is 3. The van der Waals surface area contributed by atoms with Crippen LogP contribution in [0.5, 0.6) is 0 Å². The topological polar surface area (TPSA) is 83.7 Å². The zero-order chi connectivity index (χ0) is 14.7. The second-order valence-electron chi connectivity index (χ2n) is 4.46. The molecule has 0 aliphatic carbocycles. The van der Waals surface area contributed by atoms with Crippen molar-refractivity contribution < 1.29 is 18.8 Å². The summed E-state index contributed by atoms with van der Waals surface area (Å²) in [4.78, 5) is 37.2. The van der Waals surface area contributed by atoms with Gasteiger partial charge in [0.05, 0.1) is 0 Å². The number of hydrogen-bond acceptors (Lipinski definition) is 3. The first-order chi connectivity index (χ1) is 9.49. The van der Waals surface area contributed by atoms with Gasteiger partial charge in [0.15, 0.2) is 0 Å². The fourth-order valence-electron chi connectivity index (χ4n) is 2.04. The lowest BCUT2D eigenvalue weighted by Crippen LogP contribution is -2.53. The monoisotopic (exact) mass is 279 g/mol. The Hall–Kier alpha value is -2.44. The highest BCUT2D eigenvalue weighted by atomic mass is 19.1. The molecule has 1 aliphatic rings. The molecule has 0 atom stereocenters. The van der Waals surface area contributed by atoms with E-state index in [4.69, 9.17) is 5.73 Å². The Morgan fingerprint density at radius 1 is 0.950 bits per heavy atom. The summed E-state index contributed by atoms with van der Waals surface area (Å²) in [6, 6.07) is 5.28. The fourth-order valence-corrected chi connectivity index (χ4v) is 2.04. The molecule has 7 heteroatoms. The van der Waals surface area contributed by atoms with Crippen LogP contribution in [0.2, 0.25) is 0 Å². The van der Waals surface area contributed by atoms with Crippen molar-refractivity contribution in [2.45, 2.75) is 0 Å². The smallest absolute Gasteiger partial charge is 0.311 e. The van der Waals surface area contributed by atoms with Gasteiger partial charge in [0.1, 0.15) is 5.82 Å². The molecular weight excluding hydrogens is 265 g/mol. The van der Waals surface area contributed by atoms with Crippen LogP contribution in [-0.2, 0) is 9.59 Å². The van der Waals surface area contributed by atoms with Crippen LogP contribution in [0.1, 0.15) is 10.4 Å². The van der Waals surface area contributed by atoms with E-state index in [-0.39, 0.29) is 19.0 Å². The number of hydrogen-bond donors (Lipinski definition) is 1. The number of rotatable bonds is 1. The van der Waals surface area contributed by atoms with E-state index < -0.39 is 17.6 Å². The van der Waals surface area contributed by atoms with Crippen LogP contribution in [0.15, 0.2) is 24.3 Å². The van der Waals surface area contributed by atoms with E-state index in [0.29, 0.717) is 18.7 Å². The van der Waals surface area contributed by atoms with Crippen molar-refractivity contribution in [3.8, 4) is 0 Å². The summed E-state index contributed by atoms with van der Waals surface area (Å²) >= 11 is 0. The first kappa shape index (κ1) is 14.0. The molecule has 6 nitrogen and oxygen atoms in total. The number of carbonyl (C=O) groups excluding carboxylic acids is 3. The van der Waals surface area contributed by atoms with Crippen LogP contribution in [-0.4, -0.2) is 53.7 Å². The second-order valence-corrected chi connectivity index (χ2v) is 4.46. The zero-order valence-corrected chi connectivity index (χ0v) is 10.7. The quantitative estimate of drug-likeness (QED) is 0.710. The van der Waals surface area contributed by atoms with Crippen LogP contribution in [0, 0.1) is 5.82 Å². The minimum absolute atomic E-state index is 0.226. The number of piperazine rings is 1. The molecule has 1 fully saturated rings. The van der Waals surface area contributed by atoms with Gasteiger partial charge in [-0.1, -0.05) is 0 Å². The second kappa shape index (κ2) is 5.68. The van der Waals surface area contributed by atoms with Crippen LogP contribution in [0.4, 0.5) is 4.39 Å². The van der Waals surface area contributed by atoms with Crippen molar-refractivity contribution in [3.63, 3.8) is 0 Å². The van der Waals surface area contributed by atoms with Crippen LogP contribution < -0.4 is 5.73 Å². The number of benzene rings is 1. The van der Waals surface area contributed by atoms with Gasteiger partial charge in [-0.05, 0) is 24.3 Å². The molecule has 1 aliphatic heterocycles. The van der Waals surface area contributed by atoms with E-state index in [1.807, 2.05) is 0 Å². The molecular formula is C13H14FN3O3. The van der Waals surface area contributed by atoms with Gasteiger partial charge < -0.3 is 15.5 Å². The number of nitrogens with two attached hydrogens (primary N) is 1. The van der Waals surface area contributed by atoms with Gasteiger partial charge in [-0.25, -0.2) is 4.39 Å². The Morgan fingerprint density at radius 3 is 1.95 bits per heavy atom. The minimum atomic E-state index is -0.997. The van der Waals surface area contributed by atoms with E-state index >= 15 is 0 Å². The number of halogens is 1. The van der Waals surface area contributed by atoms with E-state index in [0.717, 1.165) is 0 Å². The molecule has 0 radical (unpaired) electrons. The predicted octanol–water partition coefficient (Wildman–Crippen LogP) is -0.405. The molecule has 3 amide bonds. The molecule has 0 aromatic heterocycles. The van der Waals surface area contributed by atoms with Crippen LogP contribution in [0.25, 0.3) is 0 Å². The third-order valence-corrected chi connectivity index (χ3v) is 3.16. The summed E-state index contributed by atoms with van der Waals surface area (Å²) in [5, 5.41) is 0. The average molecular weight is 279 g/mol. The van der Waals surface area contributed by atoms with Gasteiger partial charge in [0.25, 0.3) is 5.91 Å². The molecule has 0 spiro atoms. The molecule has 106 valence electrons. The summed E-state index contributed by atoms with van der Waals surface area (Å²) in [5.41, 5.74) is 5.31. The highest BCUT2D eigenvalue weighted by Gasteiger charge is 2.26. The highest BCUT2D eigenvalue weighted by Crippen LogP contribution is 2.10. The lowest BCUT2D eigenvalue weighted by Gasteiger charge is -2.34. The summed E-state index contributed by atoms with van der Waals surface area (Å²) < 4.78 is 12.8. The van der Waals surface area contributed by atoms with Crippen molar-refractivity contribution >= 4 is 17.7 Å². The van der Waals surface area contributed by atoms with Gasteiger partial charge in [-0.3, -0.25) is 14.4 Å². The number of nitrogens with zero attached hydrogens (tertiary/aromatic N) is 2. The fraction of sp³-hybridized carbons (Fsp3) is 0.308. The molecule has 2 N–H and O–H groups in total. The molecule has 0 bridgehead atoms. The Kier molecular flexibility index (Phi) is 3.97. The third-order valence-electron chi connectivity index (χ3n) is 3.16. The normalized spacial score (nSPS) is 15.1. The lowest BCUT2D eigenvalue weighted by atomic mass is 10.2. The molecule has 20 heavy (non-hydrogen) atoms. The minimum Gasteiger partial charge on any atom is -0.361 e. The average Bonchev–Trinajstić information content (AvgIpc) is 2.46. The van der Waals surface area contributed by atoms with E-state index in [1.165, 1.54) is 29.2 Å². The molecule has 1 saturated heterocycles. The lowest BCUT2D eigenvalue weighted by molar-refractivity contribution is -0.145. The van der Waals surface area contributed by atoms with Gasteiger partial charge >= 0.3 is 11.8 Å². The first-order valence-electron chi connectivity index (χ1n) is 6.12. The van der Waals surface area contributed by atoms with E-state index in [9.17, 15) is 18.8 Å². The maximum absolute atomic E-state index is 12.8. The van der Waals surface area contributed by atoms with Gasteiger partial charge in [-0.2, -0.15) is 0 Å². The molecule has 0 unspecified atom stereocenters. The SMILES string of the molecule is NC(=O)C(=O)N1CCN(C(=O)c2ccc(F)cc2)CC1. The molecule has 0 saturated carbocycles. The van der Waals surface area contributed by atoms with E-state index in [1.54, 1.807) is 4.90 Å². The van der Waals surface area contributed by atoms with Crippen molar-refractivity contribution in [2.24, 2.45) is 5.73 Å². The first-order valence-corrected chi connectivity index (χ1v) is 6.12. The summed E-state index contributed by atoms with van der Waals surface area (Å²) in [7, 11) is 0. The molecule has 1 aromatic rings. The Morgan fingerprint density at radius 2 is 1.45 bits per heavy atom. The summed E-state index contributed by atoms with van der Waals surface area (Å²) in [6.45, 7) is 1.15. The van der Waals surface area contributed by atoms with E-state index in [2.05, 4.69) is 0 Å². The highest BCUT2D eigenvalue weighted by molar-refractivity contribution is 6.34. The largest absolute Gasteiger partial charge is 0.361 e. The molecule has 2 rings (SSSR count). The number of primary amides is 1. The van der Waals surface area contributed by atoms with Crippen molar-refractivity contribution in [1.29, 1.82) is 0 Å². The maximum Gasteiger partial charge on any atom is 0.311 e. The van der Waals surface area contributed by atoms with Gasteiger partial charge in [0.2, 0.25) is 0 Å². The van der Waals surface area contributed by atoms with Gasteiger partial charge in [0, 0.05) is 31.7 Å². The maximum atomic E-state index is 12.8. The van der Waals surface area contributed by atoms with Crippen LogP contribution >= 0.6 is 0 Å². The van der Waals surface area contributed by atoms with Crippen molar-refractivity contribution in [3.05, 3.63) is 35.6 Å². The Bertz CT molecular complexity index is 536. The Balaban J connectivity index is 1.97. The number of amides is 3. The van der Waals surface area contributed by atoms with Crippen molar-refractivity contribution in [1.82, 2.24) is 9.80 Å². The standard InChI is InChI=1S/C13H14FN3O3/c14-10-3-1-9(2-4-10)12(19)16-5-7-17(8-6-16)13(20)11(15)18/h1-4H,5-8H2,(H2,15,18). The third kappa shape index (κ3) is 2.93. The predicted molar refractivity (Wildman–Crippen MR) is 68.1 cm³/mol. The van der Waals surface area contributed by atoms with Crippen molar-refractivity contribution in [2.75, 3.05) is 26.2 Å².